The average molecular weight is 619 g/mol. The third-order valence-corrected chi connectivity index (χ3v) is 8.57. The maximum Gasteiger partial charge on any atom is 0.256 e. The highest BCUT2D eigenvalue weighted by Crippen LogP contribution is 2.33. The lowest BCUT2D eigenvalue weighted by Gasteiger charge is -2.38. The standard InChI is InChI=1S/C37H38N4O5/c1-3-30(27-12-8-5-9-13-27)37(44)41-20-18-40(19-21-41)32-16-15-29(38-35(42)28-14-17-33-34(22-28)46-25-45-33)23-31(32)36(43)39(2)24-26-10-6-4-7-11-26/h4-17,22-23,30H,3,18-21,24-25H2,1-2H3,(H,38,42)/t30-/m0/s1. The minimum absolute atomic E-state index is 0.123. The maximum atomic E-state index is 14.0. The summed E-state index contributed by atoms with van der Waals surface area (Å²) in [5, 5.41) is 2.94. The number of rotatable bonds is 9. The molecule has 9 heteroatoms. The summed E-state index contributed by atoms with van der Waals surface area (Å²) < 4.78 is 10.8. The highest BCUT2D eigenvalue weighted by Gasteiger charge is 2.29. The van der Waals surface area contributed by atoms with Gasteiger partial charge in [-0.05, 0) is 53.9 Å². The van der Waals surface area contributed by atoms with Crippen LogP contribution in [0.2, 0.25) is 0 Å². The van der Waals surface area contributed by atoms with Crippen LogP contribution in [-0.2, 0) is 11.3 Å². The Hall–Kier alpha value is -5.31. The second-order valence-corrected chi connectivity index (χ2v) is 11.6. The van der Waals surface area contributed by atoms with Crippen molar-refractivity contribution in [1.29, 1.82) is 0 Å². The average Bonchev–Trinajstić information content (AvgIpc) is 3.57. The number of amides is 3. The number of carbonyl (C=O) groups excluding carboxylic acids is 3. The third kappa shape index (κ3) is 6.68. The largest absolute Gasteiger partial charge is 0.454 e. The summed E-state index contributed by atoms with van der Waals surface area (Å²) in [6.07, 6.45) is 0.731. The minimum atomic E-state index is -0.321. The van der Waals surface area contributed by atoms with Crippen LogP contribution in [0.1, 0.15) is 51.1 Å². The quantitative estimate of drug-likeness (QED) is 0.256. The van der Waals surface area contributed by atoms with Gasteiger partial charge in [0.15, 0.2) is 11.5 Å². The van der Waals surface area contributed by atoms with Gasteiger partial charge in [0.2, 0.25) is 12.7 Å². The number of nitrogens with zero attached hydrogens (tertiary/aromatic N) is 3. The molecule has 1 atom stereocenters. The normalized spacial score (nSPS) is 14.5. The highest BCUT2D eigenvalue weighted by atomic mass is 16.7. The number of carbonyl (C=O) groups is 3. The molecule has 0 unspecified atom stereocenters. The fourth-order valence-electron chi connectivity index (χ4n) is 6.06. The Morgan fingerprint density at radius 2 is 1.52 bits per heavy atom. The van der Waals surface area contributed by atoms with Crippen molar-refractivity contribution in [2.45, 2.75) is 25.8 Å². The molecule has 2 heterocycles. The number of hydrogen-bond acceptors (Lipinski definition) is 6. The lowest BCUT2D eigenvalue weighted by molar-refractivity contribution is -0.133. The molecule has 0 radical (unpaired) electrons. The molecule has 0 saturated carbocycles. The molecule has 236 valence electrons. The van der Waals surface area contributed by atoms with Gasteiger partial charge in [-0.25, -0.2) is 0 Å². The van der Waals surface area contributed by atoms with Crippen LogP contribution >= 0.6 is 0 Å². The van der Waals surface area contributed by atoms with Crippen molar-refractivity contribution in [2.75, 3.05) is 50.2 Å². The molecule has 0 bridgehead atoms. The van der Waals surface area contributed by atoms with Crippen molar-refractivity contribution in [1.82, 2.24) is 9.80 Å². The molecular formula is C37H38N4O5. The second kappa shape index (κ2) is 13.8. The van der Waals surface area contributed by atoms with Crippen molar-refractivity contribution in [3.05, 3.63) is 119 Å². The van der Waals surface area contributed by atoms with Gasteiger partial charge >= 0.3 is 0 Å². The third-order valence-electron chi connectivity index (χ3n) is 8.57. The summed E-state index contributed by atoms with van der Waals surface area (Å²) >= 11 is 0. The van der Waals surface area contributed by atoms with E-state index >= 15 is 0 Å². The van der Waals surface area contributed by atoms with E-state index in [1.165, 1.54) is 0 Å². The number of hydrogen-bond donors (Lipinski definition) is 1. The lowest BCUT2D eigenvalue weighted by atomic mass is 9.94. The first-order valence-electron chi connectivity index (χ1n) is 15.6. The van der Waals surface area contributed by atoms with E-state index in [-0.39, 0.29) is 30.4 Å². The fourth-order valence-corrected chi connectivity index (χ4v) is 6.06. The van der Waals surface area contributed by atoms with Gasteiger partial charge in [0.1, 0.15) is 0 Å². The Bertz CT molecular complexity index is 1700. The van der Waals surface area contributed by atoms with Crippen molar-refractivity contribution in [3.63, 3.8) is 0 Å². The van der Waals surface area contributed by atoms with Crippen LogP contribution in [0.15, 0.2) is 97.1 Å². The maximum absolute atomic E-state index is 14.0. The monoisotopic (exact) mass is 618 g/mol. The Labute approximate surface area is 269 Å². The topological polar surface area (TPSA) is 91.4 Å². The number of ether oxygens (including phenoxy) is 2. The lowest BCUT2D eigenvalue weighted by Crippen LogP contribution is -2.50. The van der Waals surface area contributed by atoms with Crippen molar-refractivity contribution < 1.29 is 23.9 Å². The number of fused-ring (bicyclic) bond motifs is 1. The van der Waals surface area contributed by atoms with E-state index in [4.69, 9.17) is 9.47 Å². The zero-order chi connectivity index (χ0) is 32.0. The molecule has 1 fully saturated rings. The van der Waals surface area contributed by atoms with E-state index in [0.29, 0.717) is 61.0 Å². The molecule has 9 nitrogen and oxygen atoms in total. The first-order valence-corrected chi connectivity index (χ1v) is 15.6. The Morgan fingerprint density at radius 1 is 0.826 bits per heavy atom. The van der Waals surface area contributed by atoms with Crippen LogP contribution in [-0.4, -0.2) is 67.5 Å². The van der Waals surface area contributed by atoms with E-state index < -0.39 is 0 Å². The van der Waals surface area contributed by atoms with Crippen LogP contribution in [0.4, 0.5) is 11.4 Å². The molecule has 4 aromatic carbocycles. The van der Waals surface area contributed by atoms with Crippen LogP contribution in [0, 0.1) is 0 Å². The first-order chi connectivity index (χ1) is 22.4. The first kappa shape index (κ1) is 30.7. The minimum Gasteiger partial charge on any atom is -0.454 e. The summed E-state index contributed by atoms with van der Waals surface area (Å²) in [6, 6.07) is 30.2. The van der Waals surface area contributed by atoms with Crippen molar-refractivity contribution in [3.8, 4) is 11.5 Å². The van der Waals surface area contributed by atoms with E-state index in [9.17, 15) is 14.4 Å². The van der Waals surface area contributed by atoms with Gasteiger partial charge in [0.25, 0.3) is 11.8 Å². The van der Waals surface area contributed by atoms with Gasteiger partial charge < -0.3 is 29.5 Å². The van der Waals surface area contributed by atoms with Crippen LogP contribution in [0.3, 0.4) is 0 Å². The Balaban J connectivity index is 1.22. The number of anilines is 2. The number of benzene rings is 4. The molecule has 1 saturated heterocycles. The number of piperazine rings is 1. The van der Waals surface area contributed by atoms with Gasteiger partial charge in [-0.3, -0.25) is 14.4 Å². The van der Waals surface area contributed by atoms with E-state index in [1.807, 2.05) is 84.6 Å². The van der Waals surface area contributed by atoms with Gasteiger partial charge in [-0.15, -0.1) is 0 Å². The molecule has 0 aromatic heterocycles. The van der Waals surface area contributed by atoms with E-state index in [0.717, 1.165) is 23.2 Å². The summed E-state index contributed by atoms with van der Waals surface area (Å²) in [6.45, 7) is 4.88. The predicted molar refractivity (Wildman–Crippen MR) is 177 cm³/mol. The molecule has 3 amide bonds. The molecule has 46 heavy (non-hydrogen) atoms. The smallest absolute Gasteiger partial charge is 0.256 e. The Kier molecular flexibility index (Phi) is 9.19. The second-order valence-electron chi connectivity index (χ2n) is 11.6. The van der Waals surface area contributed by atoms with Gasteiger partial charge in [-0.2, -0.15) is 0 Å². The van der Waals surface area contributed by atoms with Gasteiger partial charge in [-0.1, -0.05) is 67.6 Å². The van der Waals surface area contributed by atoms with Crippen molar-refractivity contribution in [2.24, 2.45) is 0 Å². The van der Waals surface area contributed by atoms with E-state index in [2.05, 4.69) is 10.2 Å². The van der Waals surface area contributed by atoms with Gasteiger partial charge in [0, 0.05) is 56.7 Å². The molecule has 2 aliphatic rings. The van der Waals surface area contributed by atoms with Crippen molar-refractivity contribution >= 4 is 29.1 Å². The van der Waals surface area contributed by atoms with Gasteiger partial charge in [0.05, 0.1) is 11.5 Å². The fraction of sp³-hybridized carbons (Fsp3) is 0.270. The summed E-state index contributed by atoms with van der Waals surface area (Å²) in [5.41, 5.74) is 4.23. The molecule has 1 N–H and O–H groups in total. The van der Waals surface area contributed by atoms with Crippen LogP contribution in [0.25, 0.3) is 0 Å². The summed E-state index contributed by atoms with van der Waals surface area (Å²) in [5.74, 6) is 0.596. The summed E-state index contributed by atoms with van der Waals surface area (Å²) in [7, 11) is 1.78. The Morgan fingerprint density at radius 3 is 2.24 bits per heavy atom. The van der Waals surface area contributed by atoms with Crippen LogP contribution < -0.4 is 19.7 Å². The van der Waals surface area contributed by atoms with Crippen LogP contribution in [0.5, 0.6) is 11.5 Å². The number of nitrogens with one attached hydrogen (secondary N) is 1. The highest BCUT2D eigenvalue weighted by molar-refractivity contribution is 6.06. The zero-order valence-electron chi connectivity index (χ0n) is 26.1. The summed E-state index contributed by atoms with van der Waals surface area (Å²) in [4.78, 5) is 46.5. The SMILES string of the molecule is CC[C@H](C(=O)N1CCN(c2ccc(NC(=O)c3ccc4c(c3)OCO4)cc2C(=O)N(C)Cc2ccccc2)CC1)c1ccccc1. The molecule has 6 rings (SSSR count). The zero-order valence-corrected chi connectivity index (χ0v) is 26.1. The molecular weight excluding hydrogens is 580 g/mol. The predicted octanol–water partition coefficient (Wildman–Crippen LogP) is 5.78. The molecule has 0 spiro atoms. The molecule has 0 aliphatic carbocycles. The molecule has 2 aliphatic heterocycles. The molecule has 4 aromatic rings. The van der Waals surface area contributed by atoms with E-state index in [1.54, 1.807) is 36.2 Å².